The summed E-state index contributed by atoms with van der Waals surface area (Å²) in [5.41, 5.74) is 6.99. The van der Waals surface area contributed by atoms with E-state index in [4.69, 9.17) is 11.1 Å². The van der Waals surface area contributed by atoms with E-state index in [1.807, 2.05) is 35.2 Å². The molecule has 1 aliphatic heterocycles. The van der Waals surface area contributed by atoms with Gasteiger partial charge < -0.3 is 10.6 Å². The Balaban J connectivity index is 2.09. The Bertz CT molecular complexity index is 465. The van der Waals surface area contributed by atoms with Crippen LogP contribution >= 0.6 is 0 Å². The Kier molecular flexibility index (Phi) is 3.23. The maximum atomic E-state index is 11.1. The molecule has 0 radical (unpaired) electrons. The van der Waals surface area contributed by atoms with Crippen LogP contribution in [0.2, 0.25) is 0 Å². The minimum Gasteiger partial charge on any atom is -0.366 e. The average Bonchev–Trinajstić information content (AvgIpc) is 2.33. The lowest BCUT2D eigenvalue weighted by molar-refractivity contribution is -0.114. The number of hydrogen-bond donors (Lipinski definition) is 2. The van der Waals surface area contributed by atoms with Crippen LogP contribution in [0.4, 0.5) is 0 Å². The summed E-state index contributed by atoms with van der Waals surface area (Å²) in [5, 5.41) is 7.86. The summed E-state index contributed by atoms with van der Waals surface area (Å²) in [5.74, 6) is 0.134. The summed E-state index contributed by atoms with van der Waals surface area (Å²) in [6, 6.07) is 9.91. The molecule has 0 unspecified atom stereocenters. The van der Waals surface area contributed by atoms with Gasteiger partial charge in [-0.2, -0.15) is 0 Å². The van der Waals surface area contributed by atoms with Crippen LogP contribution in [0.3, 0.4) is 0 Å². The van der Waals surface area contributed by atoms with E-state index in [2.05, 4.69) is 0 Å². The average molecular weight is 229 g/mol. The molecule has 0 atom stereocenters. The van der Waals surface area contributed by atoms with Gasteiger partial charge in [0.2, 0.25) is 5.91 Å². The fourth-order valence-electron chi connectivity index (χ4n) is 1.85. The van der Waals surface area contributed by atoms with Crippen molar-refractivity contribution in [1.29, 1.82) is 5.41 Å². The number of nitrogens with zero attached hydrogens (tertiary/aromatic N) is 1. The highest BCUT2D eigenvalue weighted by Gasteiger charge is 2.19. The van der Waals surface area contributed by atoms with Gasteiger partial charge in [0.1, 0.15) is 5.84 Å². The van der Waals surface area contributed by atoms with Crippen molar-refractivity contribution in [3.63, 3.8) is 0 Å². The summed E-state index contributed by atoms with van der Waals surface area (Å²) in [4.78, 5) is 13.0. The van der Waals surface area contributed by atoms with Crippen molar-refractivity contribution in [2.24, 2.45) is 5.73 Å². The lowest BCUT2D eigenvalue weighted by Crippen LogP contribution is -2.37. The van der Waals surface area contributed by atoms with Gasteiger partial charge in [-0.3, -0.25) is 10.2 Å². The third kappa shape index (κ3) is 2.72. The van der Waals surface area contributed by atoms with Crippen LogP contribution < -0.4 is 5.73 Å². The number of amides is 1. The topological polar surface area (TPSA) is 70.2 Å². The number of hydrogen-bond acceptors (Lipinski definition) is 2. The number of rotatable bonds is 3. The maximum Gasteiger partial charge on any atom is 0.246 e. The lowest BCUT2D eigenvalue weighted by atomic mass is 10.1. The number of carbonyl (C=O) groups excluding carboxylic acids is 1. The van der Waals surface area contributed by atoms with E-state index in [9.17, 15) is 4.79 Å². The highest BCUT2D eigenvalue weighted by Crippen LogP contribution is 2.14. The monoisotopic (exact) mass is 229 g/mol. The fraction of sp³-hybridized carbons (Fsp3) is 0.231. The molecule has 0 saturated heterocycles. The minimum absolute atomic E-state index is 0.393. The molecule has 1 aromatic carbocycles. The predicted octanol–water partition coefficient (Wildman–Crippen LogP) is 1.28. The summed E-state index contributed by atoms with van der Waals surface area (Å²) in [7, 11) is 0. The molecule has 17 heavy (non-hydrogen) atoms. The number of benzene rings is 1. The Morgan fingerprint density at radius 3 is 2.71 bits per heavy atom. The number of carbonyl (C=O) groups is 1. The lowest BCUT2D eigenvalue weighted by Gasteiger charge is -2.28. The van der Waals surface area contributed by atoms with Gasteiger partial charge in [0.15, 0.2) is 0 Å². The smallest absolute Gasteiger partial charge is 0.246 e. The molecule has 4 heteroatoms. The van der Waals surface area contributed by atoms with Gasteiger partial charge in [-0.05, 0) is 5.56 Å². The van der Waals surface area contributed by atoms with E-state index in [0.717, 1.165) is 5.56 Å². The molecular weight excluding hydrogens is 214 g/mol. The molecule has 0 saturated carbocycles. The SMILES string of the molecule is N=C1CC=C(C(N)=O)CN1Cc1ccccc1. The van der Waals surface area contributed by atoms with Gasteiger partial charge in [-0.25, -0.2) is 0 Å². The minimum atomic E-state index is -0.393. The first-order valence-electron chi connectivity index (χ1n) is 5.52. The molecule has 1 heterocycles. The largest absolute Gasteiger partial charge is 0.366 e. The van der Waals surface area contributed by atoms with E-state index >= 15 is 0 Å². The van der Waals surface area contributed by atoms with Crippen molar-refractivity contribution in [3.8, 4) is 0 Å². The van der Waals surface area contributed by atoms with Crippen molar-refractivity contribution in [1.82, 2.24) is 4.90 Å². The van der Waals surface area contributed by atoms with E-state index in [1.54, 1.807) is 6.08 Å². The molecule has 88 valence electrons. The van der Waals surface area contributed by atoms with Crippen molar-refractivity contribution in [2.45, 2.75) is 13.0 Å². The number of amidine groups is 1. The highest BCUT2D eigenvalue weighted by molar-refractivity contribution is 5.96. The second-order valence-electron chi connectivity index (χ2n) is 4.09. The van der Waals surface area contributed by atoms with Crippen LogP contribution in [0.5, 0.6) is 0 Å². The van der Waals surface area contributed by atoms with Gasteiger partial charge in [-0.15, -0.1) is 0 Å². The van der Waals surface area contributed by atoms with Gasteiger partial charge in [0.05, 0.1) is 0 Å². The normalized spacial score (nSPS) is 15.6. The molecule has 0 fully saturated rings. The zero-order chi connectivity index (χ0) is 12.3. The van der Waals surface area contributed by atoms with Crippen LogP contribution in [-0.2, 0) is 11.3 Å². The molecule has 3 N–H and O–H groups in total. The molecular formula is C13H15N3O. The van der Waals surface area contributed by atoms with Crippen molar-refractivity contribution in [3.05, 3.63) is 47.5 Å². The van der Waals surface area contributed by atoms with Gasteiger partial charge in [0.25, 0.3) is 0 Å². The third-order valence-electron chi connectivity index (χ3n) is 2.82. The molecule has 0 bridgehead atoms. The van der Waals surface area contributed by atoms with Crippen molar-refractivity contribution in [2.75, 3.05) is 6.54 Å². The first-order chi connectivity index (χ1) is 8.16. The molecule has 0 aromatic heterocycles. The van der Waals surface area contributed by atoms with Crippen LogP contribution in [0, 0.1) is 5.41 Å². The molecule has 4 nitrogen and oxygen atoms in total. The first kappa shape index (κ1) is 11.4. The summed E-state index contributed by atoms with van der Waals surface area (Å²) < 4.78 is 0. The van der Waals surface area contributed by atoms with Gasteiger partial charge in [-0.1, -0.05) is 36.4 Å². The van der Waals surface area contributed by atoms with E-state index in [0.29, 0.717) is 30.9 Å². The zero-order valence-corrected chi connectivity index (χ0v) is 9.52. The maximum absolute atomic E-state index is 11.1. The number of primary amides is 1. The molecule has 2 rings (SSSR count). The predicted molar refractivity (Wildman–Crippen MR) is 66.5 cm³/mol. The second-order valence-corrected chi connectivity index (χ2v) is 4.09. The Morgan fingerprint density at radius 1 is 1.35 bits per heavy atom. The fourth-order valence-corrected chi connectivity index (χ4v) is 1.85. The molecule has 1 amide bonds. The molecule has 0 spiro atoms. The van der Waals surface area contributed by atoms with Crippen LogP contribution in [0.15, 0.2) is 42.0 Å². The number of nitrogens with one attached hydrogen (secondary N) is 1. The first-order valence-corrected chi connectivity index (χ1v) is 5.52. The summed E-state index contributed by atoms with van der Waals surface area (Å²) in [6.45, 7) is 1.08. The van der Waals surface area contributed by atoms with Crippen LogP contribution in [0.25, 0.3) is 0 Å². The van der Waals surface area contributed by atoms with E-state index < -0.39 is 5.91 Å². The van der Waals surface area contributed by atoms with Gasteiger partial charge in [0, 0.05) is 25.1 Å². The Labute approximate surface area is 100 Å². The van der Waals surface area contributed by atoms with E-state index in [1.165, 1.54) is 0 Å². The van der Waals surface area contributed by atoms with Gasteiger partial charge >= 0.3 is 0 Å². The molecule has 1 aromatic rings. The van der Waals surface area contributed by atoms with E-state index in [-0.39, 0.29) is 0 Å². The Morgan fingerprint density at radius 2 is 2.06 bits per heavy atom. The molecule has 0 aliphatic carbocycles. The Hall–Kier alpha value is -2.10. The third-order valence-corrected chi connectivity index (χ3v) is 2.82. The summed E-state index contributed by atoms with van der Waals surface area (Å²) in [6.07, 6.45) is 2.22. The highest BCUT2D eigenvalue weighted by atomic mass is 16.1. The van der Waals surface area contributed by atoms with Crippen molar-refractivity contribution >= 4 is 11.7 Å². The van der Waals surface area contributed by atoms with Crippen LogP contribution in [-0.4, -0.2) is 23.2 Å². The summed E-state index contributed by atoms with van der Waals surface area (Å²) >= 11 is 0. The standard InChI is InChI=1S/C13H15N3O/c14-12-7-6-11(13(15)17)9-16(12)8-10-4-2-1-3-5-10/h1-6,14H,7-9H2,(H2,15,17). The zero-order valence-electron chi connectivity index (χ0n) is 9.52. The quantitative estimate of drug-likeness (QED) is 0.819. The van der Waals surface area contributed by atoms with Crippen molar-refractivity contribution < 1.29 is 4.79 Å². The van der Waals surface area contributed by atoms with Crippen LogP contribution in [0.1, 0.15) is 12.0 Å². The molecule has 1 aliphatic rings. The second kappa shape index (κ2) is 4.82. The number of nitrogens with two attached hydrogens (primary N) is 1.